The van der Waals surface area contributed by atoms with Gasteiger partial charge in [0.05, 0.1) is 7.11 Å². The van der Waals surface area contributed by atoms with E-state index in [0.29, 0.717) is 6.42 Å². The molecule has 0 atom stereocenters. The SMILES string of the molecule is COc1ccc2c(c1)C(=C(C)C)C(=O)C2. The van der Waals surface area contributed by atoms with Gasteiger partial charge in [-0.05, 0) is 37.1 Å². The van der Waals surface area contributed by atoms with Crippen molar-refractivity contribution in [1.82, 2.24) is 0 Å². The molecule has 0 radical (unpaired) electrons. The Morgan fingerprint density at radius 3 is 2.67 bits per heavy atom. The second-order valence-electron chi connectivity index (χ2n) is 4.00. The van der Waals surface area contributed by atoms with E-state index >= 15 is 0 Å². The van der Waals surface area contributed by atoms with Crippen molar-refractivity contribution in [2.24, 2.45) is 0 Å². The number of carbonyl (C=O) groups is 1. The summed E-state index contributed by atoms with van der Waals surface area (Å²) in [6, 6.07) is 5.82. The molecule has 0 aromatic heterocycles. The molecule has 2 rings (SSSR count). The van der Waals surface area contributed by atoms with Gasteiger partial charge in [-0.1, -0.05) is 11.6 Å². The van der Waals surface area contributed by atoms with Crippen molar-refractivity contribution in [3.63, 3.8) is 0 Å². The molecule has 0 N–H and O–H groups in total. The predicted octanol–water partition coefficient (Wildman–Crippen LogP) is 2.61. The van der Waals surface area contributed by atoms with Crippen LogP contribution >= 0.6 is 0 Å². The maximum absolute atomic E-state index is 11.8. The summed E-state index contributed by atoms with van der Waals surface area (Å²) in [6.07, 6.45) is 0.528. The Labute approximate surface area is 89.6 Å². The van der Waals surface area contributed by atoms with Crippen LogP contribution in [0, 0.1) is 0 Å². The highest BCUT2D eigenvalue weighted by atomic mass is 16.5. The smallest absolute Gasteiger partial charge is 0.167 e. The first-order valence-electron chi connectivity index (χ1n) is 5.01. The summed E-state index contributed by atoms with van der Waals surface area (Å²) in [6.45, 7) is 3.95. The number of rotatable bonds is 1. The van der Waals surface area contributed by atoms with Crippen molar-refractivity contribution >= 4 is 11.4 Å². The van der Waals surface area contributed by atoms with Crippen LogP contribution in [0.2, 0.25) is 0 Å². The normalized spacial score (nSPS) is 14.1. The molecule has 0 aliphatic heterocycles. The Bertz CT molecular complexity index is 452. The lowest BCUT2D eigenvalue weighted by Crippen LogP contribution is -1.95. The van der Waals surface area contributed by atoms with Crippen molar-refractivity contribution in [1.29, 1.82) is 0 Å². The van der Waals surface area contributed by atoms with Crippen molar-refractivity contribution in [2.75, 3.05) is 7.11 Å². The van der Waals surface area contributed by atoms with Crippen molar-refractivity contribution in [3.05, 3.63) is 34.9 Å². The average Bonchev–Trinajstić information content (AvgIpc) is 2.52. The molecule has 0 bridgehead atoms. The van der Waals surface area contributed by atoms with Gasteiger partial charge < -0.3 is 4.74 Å². The zero-order chi connectivity index (χ0) is 11.0. The summed E-state index contributed by atoms with van der Waals surface area (Å²) in [5, 5.41) is 0. The number of Topliss-reactive ketones (excluding diaryl/α,β-unsaturated/α-hetero) is 1. The summed E-state index contributed by atoms with van der Waals surface area (Å²) in [7, 11) is 1.64. The molecule has 2 heteroatoms. The first kappa shape index (κ1) is 9.97. The Kier molecular flexibility index (Phi) is 2.35. The monoisotopic (exact) mass is 202 g/mol. The highest BCUT2D eigenvalue weighted by Crippen LogP contribution is 2.34. The van der Waals surface area contributed by atoms with Gasteiger partial charge in [0.2, 0.25) is 0 Å². The molecule has 1 aliphatic rings. The van der Waals surface area contributed by atoms with E-state index in [1.807, 2.05) is 32.0 Å². The largest absolute Gasteiger partial charge is 0.497 e. The molecule has 0 fully saturated rings. The Balaban J connectivity index is 2.61. The number of fused-ring (bicyclic) bond motifs is 1. The van der Waals surface area contributed by atoms with Crippen molar-refractivity contribution in [2.45, 2.75) is 20.3 Å². The number of ether oxygens (including phenoxy) is 1. The zero-order valence-electron chi connectivity index (χ0n) is 9.26. The Hall–Kier alpha value is -1.57. The summed E-state index contributed by atoms with van der Waals surface area (Å²) < 4.78 is 5.17. The van der Waals surface area contributed by atoms with E-state index in [4.69, 9.17) is 4.74 Å². The fraction of sp³-hybridized carbons (Fsp3) is 0.308. The van der Waals surface area contributed by atoms with E-state index in [1.165, 1.54) is 0 Å². The number of carbonyl (C=O) groups excluding carboxylic acids is 1. The van der Waals surface area contributed by atoms with Crippen LogP contribution in [-0.4, -0.2) is 12.9 Å². The zero-order valence-corrected chi connectivity index (χ0v) is 9.26. The van der Waals surface area contributed by atoms with E-state index in [9.17, 15) is 4.79 Å². The molecule has 0 amide bonds. The van der Waals surface area contributed by atoms with E-state index < -0.39 is 0 Å². The molecular weight excluding hydrogens is 188 g/mol. The quantitative estimate of drug-likeness (QED) is 0.654. The Morgan fingerprint density at radius 1 is 1.33 bits per heavy atom. The van der Waals surface area contributed by atoms with Gasteiger partial charge in [0.15, 0.2) is 5.78 Å². The van der Waals surface area contributed by atoms with Crippen LogP contribution in [-0.2, 0) is 11.2 Å². The van der Waals surface area contributed by atoms with Crippen LogP contribution in [0.4, 0.5) is 0 Å². The highest BCUT2D eigenvalue weighted by Gasteiger charge is 2.25. The fourth-order valence-corrected chi connectivity index (χ4v) is 2.03. The van der Waals surface area contributed by atoms with Gasteiger partial charge >= 0.3 is 0 Å². The second kappa shape index (κ2) is 3.54. The van der Waals surface area contributed by atoms with Gasteiger partial charge in [-0.2, -0.15) is 0 Å². The lowest BCUT2D eigenvalue weighted by atomic mass is 10.0. The molecule has 78 valence electrons. The number of methoxy groups -OCH3 is 1. The standard InChI is InChI=1S/C13H14O2/c1-8(2)13-11-7-10(15-3)5-4-9(11)6-12(13)14/h4-5,7H,6H2,1-3H3. The number of allylic oxidation sites excluding steroid dienone is 2. The van der Waals surface area contributed by atoms with E-state index in [2.05, 4.69) is 0 Å². The van der Waals surface area contributed by atoms with E-state index in [0.717, 1.165) is 28.0 Å². The molecule has 0 saturated carbocycles. The molecule has 0 saturated heterocycles. The highest BCUT2D eigenvalue weighted by molar-refractivity contribution is 6.26. The number of hydrogen-bond acceptors (Lipinski definition) is 2. The van der Waals surface area contributed by atoms with Crippen molar-refractivity contribution < 1.29 is 9.53 Å². The molecule has 1 aromatic rings. The Morgan fingerprint density at radius 2 is 2.07 bits per heavy atom. The third-order valence-electron chi connectivity index (χ3n) is 2.72. The van der Waals surface area contributed by atoms with Gasteiger partial charge in [0.1, 0.15) is 5.75 Å². The number of ketones is 1. The van der Waals surface area contributed by atoms with Crippen LogP contribution in [0.25, 0.3) is 5.57 Å². The summed E-state index contributed by atoms with van der Waals surface area (Å²) in [4.78, 5) is 11.8. The maximum atomic E-state index is 11.8. The van der Waals surface area contributed by atoms with E-state index in [-0.39, 0.29) is 5.78 Å². The molecule has 2 nitrogen and oxygen atoms in total. The summed E-state index contributed by atoms with van der Waals surface area (Å²) in [5.74, 6) is 1.03. The van der Waals surface area contributed by atoms with Gasteiger partial charge in [-0.25, -0.2) is 0 Å². The topological polar surface area (TPSA) is 26.3 Å². The predicted molar refractivity (Wildman–Crippen MR) is 60.0 cm³/mol. The first-order chi connectivity index (χ1) is 7.13. The van der Waals surface area contributed by atoms with Crippen LogP contribution in [0.15, 0.2) is 23.8 Å². The van der Waals surface area contributed by atoms with Crippen LogP contribution in [0.1, 0.15) is 25.0 Å². The molecule has 0 unspecified atom stereocenters. The minimum Gasteiger partial charge on any atom is -0.497 e. The van der Waals surface area contributed by atoms with Gasteiger partial charge in [-0.3, -0.25) is 4.79 Å². The molecule has 15 heavy (non-hydrogen) atoms. The van der Waals surface area contributed by atoms with Crippen molar-refractivity contribution in [3.8, 4) is 5.75 Å². The third-order valence-corrected chi connectivity index (χ3v) is 2.72. The molecule has 1 aromatic carbocycles. The molecule has 0 heterocycles. The molecule has 0 spiro atoms. The first-order valence-corrected chi connectivity index (χ1v) is 5.01. The lowest BCUT2D eigenvalue weighted by Gasteiger charge is -2.05. The van der Waals surface area contributed by atoms with Gasteiger partial charge in [-0.15, -0.1) is 0 Å². The van der Waals surface area contributed by atoms with E-state index in [1.54, 1.807) is 7.11 Å². The van der Waals surface area contributed by atoms with Crippen LogP contribution in [0.3, 0.4) is 0 Å². The second-order valence-corrected chi connectivity index (χ2v) is 4.00. The molecular formula is C13H14O2. The summed E-state index contributed by atoms with van der Waals surface area (Å²) >= 11 is 0. The maximum Gasteiger partial charge on any atom is 0.167 e. The summed E-state index contributed by atoms with van der Waals surface area (Å²) in [5.41, 5.74) is 4.09. The number of hydrogen-bond donors (Lipinski definition) is 0. The fourth-order valence-electron chi connectivity index (χ4n) is 2.03. The minimum atomic E-state index is 0.221. The average molecular weight is 202 g/mol. The van der Waals surface area contributed by atoms with Crippen LogP contribution in [0.5, 0.6) is 5.75 Å². The van der Waals surface area contributed by atoms with Gasteiger partial charge in [0, 0.05) is 12.0 Å². The minimum absolute atomic E-state index is 0.221. The lowest BCUT2D eigenvalue weighted by molar-refractivity contribution is -0.112. The van der Waals surface area contributed by atoms with Gasteiger partial charge in [0.25, 0.3) is 0 Å². The number of benzene rings is 1. The third kappa shape index (κ3) is 1.56. The molecule has 1 aliphatic carbocycles. The van der Waals surface area contributed by atoms with Crippen LogP contribution < -0.4 is 4.74 Å².